The second kappa shape index (κ2) is 8.09. The molecule has 0 saturated heterocycles. The molecular formula is C28H24N2O2S. The van der Waals surface area contributed by atoms with Crippen molar-refractivity contribution in [1.29, 1.82) is 0 Å². The van der Waals surface area contributed by atoms with Gasteiger partial charge in [0.05, 0.1) is 16.0 Å². The van der Waals surface area contributed by atoms with Crippen LogP contribution in [0.4, 0.5) is 5.69 Å². The van der Waals surface area contributed by atoms with Crippen molar-refractivity contribution in [3.8, 4) is 11.1 Å². The third-order valence-electron chi connectivity index (χ3n) is 5.92. The summed E-state index contributed by atoms with van der Waals surface area (Å²) in [5, 5.41) is 13.5. The fourth-order valence-electron chi connectivity index (χ4n) is 4.16. The van der Waals surface area contributed by atoms with Gasteiger partial charge in [-0.05, 0) is 58.8 Å². The first-order chi connectivity index (χ1) is 15.8. The molecule has 0 aliphatic rings. The molecule has 0 spiro atoms. The average Bonchev–Trinajstić information content (AvgIpc) is 3.13. The Morgan fingerprint density at radius 3 is 2.15 bits per heavy atom. The van der Waals surface area contributed by atoms with Crippen LogP contribution in [0, 0.1) is 10.1 Å². The largest absolute Gasteiger partial charge is 0.279 e. The summed E-state index contributed by atoms with van der Waals surface area (Å²) >= 11 is 1.59. The predicted octanol–water partition coefficient (Wildman–Crippen LogP) is 8.22. The molecule has 0 saturated carbocycles. The number of nitro groups is 1. The van der Waals surface area contributed by atoms with Crippen LogP contribution in [0.3, 0.4) is 0 Å². The second-order valence-electron chi connectivity index (χ2n) is 9.19. The standard InChI is InChI=1S/C28H24N2O2S/c1-28(2,3)20-17-24(19-9-5-4-6-10-19)27-25(18-20)23-11-7-8-12-26(23)29(27)33-22-15-13-21(14-16-22)30(31)32/h4-18H,1-3H3. The highest BCUT2D eigenvalue weighted by molar-refractivity contribution is 7.98. The molecule has 5 rings (SSSR count). The van der Waals surface area contributed by atoms with Gasteiger partial charge in [0.25, 0.3) is 5.69 Å². The van der Waals surface area contributed by atoms with Crippen LogP contribution < -0.4 is 0 Å². The number of benzene rings is 4. The van der Waals surface area contributed by atoms with Crippen LogP contribution in [-0.2, 0) is 5.41 Å². The number of nitrogens with zero attached hydrogens (tertiary/aromatic N) is 2. The van der Waals surface area contributed by atoms with Gasteiger partial charge in [-0.1, -0.05) is 69.3 Å². The molecular weight excluding hydrogens is 428 g/mol. The van der Waals surface area contributed by atoms with Gasteiger partial charge in [-0.25, -0.2) is 0 Å². The van der Waals surface area contributed by atoms with Gasteiger partial charge in [0.2, 0.25) is 0 Å². The molecule has 0 fully saturated rings. The lowest BCUT2D eigenvalue weighted by atomic mass is 9.84. The Kier molecular flexibility index (Phi) is 5.22. The Bertz CT molecular complexity index is 1480. The topological polar surface area (TPSA) is 48.1 Å². The summed E-state index contributed by atoms with van der Waals surface area (Å²) < 4.78 is 2.26. The maximum Gasteiger partial charge on any atom is 0.269 e. The van der Waals surface area contributed by atoms with Crippen molar-refractivity contribution in [3.05, 3.63) is 107 Å². The maximum atomic E-state index is 11.1. The minimum atomic E-state index is -0.365. The quantitative estimate of drug-likeness (QED) is 0.204. The van der Waals surface area contributed by atoms with Crippen molar-refractivity contribution in [2.24, 2.45) is 0 Å². The Morgan fingerprint density at radius 2 is 1.48 bits per heavy atom. The zero-order chi connectivity index (χ0) is 23.2. The molecule has 5 heteroatoms. The van der Waals surface area contributed by atoms with Gasteiger partial charge >= 0.3 is 0 Å². The Hall–Kier alpha value is -3.57. The summed E-state index contributed by atoms with van der Waals surface area (Å²) in [6, 6.07) is 30.3. The van der Waals surface area contributed by atoms with Gasteiger partial charge in [0, 0.05) is 33.4 Å². The van der Waals surface area contributed by atoms with Crippen molar-refractivity contribution in [1.82, 2.24) is 3.97 Å². The highest BCUT2D eigenvalue weighted by Gasteiger charge is 2.22. The fourth-order valence-corrected chi connectivity index (χ4v) is 5.17. The number of aromatic nitrogens is 1. The smallest absolute Gasteiger partial charge is 0.269 e. The monoisotopic (exact) mass is 452 g/mol. The van der Waals surface area contributed by atoms with E-state index in [1.54, 1.807) is 24.1 Å². The van der Waals surface area contributed by atoms with Gasteiger partial charge in [-0.15, -0.1) is 0 Å². The molecule has 0 bridgehead atoms. The van der Waals surface area contributed by atoms with Crippen molar-refractivity contribution in [3.63, 3.8) is 0 Å². The number of hydrogen-bond donors (Lipinski definition) is 0. The minimum absolute atomic E-state index is 0.00638. The molecule has 4 nitrogen and oxygen atoms in total. The second-order valence-corrected chi connectivity index (χ2v) is 10.2. The molecule has 5 aromatic rings. The van der Waals surface area contributed by atoms with Crippen molar-refractivity contribution in [2.45, 2.75) is 31.1 Å². The Balaban J connectivity index is 1.82. The number of fused-ring (bicyclic) bond motifs is 3. The average molecular weight is 453 g/mol. The number of nitro benzene ring substituents is 1. The summed E-state index contributed by atoms with van der Waals surface area (Å²) in [5.74, 6) is 0. The first-order valence-electron chi connectivity index (χ1n) is 10.9. The molecule has 1 heterocycles. The number of rotatable bonds is 4. The van der Waals surface area contributed by atoms with Crippen molar-refractivity contribution in [2.75, 3.05) is 0 Å². The predicted molar refractivity (Wildman–Crippen MR) is 138 cm³/mol. The zero-order valence-electron chi connectivity index (χ0n) is 18.8. The van der Waals surface area contributed by atoms with E-state index in [1.807, 2.05) is 18.2 Å². The summed E-state index contributed by atoms with van der Waals surface area (Å²) in [5.41, 5.74) is 6.02. The van der Waals surface area contributed by atoms with Crippen LogP contribution in [0.25, 0.3) is 32.9 Å². The molecule has 1 aromatic heterocycles. The molecule has 4 aromatic carbocycles. The van der Waals surface area contributed by atoms with E-state index in [4.69, 9.17) is 0 Å². The van der Waals surface area contributed by atoms with E-state index in [0.29, 0.717) is 0 Å². The number of para-hydroxylation sites is 1. The maximum absolute atomic E-state index is 11.1. The normalized spacial score (nSPS) is 11.8. The number of non-ortho nitro benzene ring substituents is 1. The third-order valence-corrected chi connectivity index (χ3v) is 6.97. The van der Waals surface area contributed by atoms with Crippen molar-refractivity contribution >= 4 is 39.4 Å². The van der Waals surface area contributed by atoms with Crippen LogP contribution in [0.2, 0.25) is 0 Å². The van der Waals surface area contributed by atoms with Crippen LogP contribution in [0.5, 0.6) is 0 Å². The first kappa shape index (κ1) is 21.3. The molecule has 0 aliphatic carbocycles. The Morgan fingerprint density at radius 1 is 0.818 bits per heavy atom. The third kappa shape index (κ3) is 3.89. The molecule has 0 amide bonds. The molecule has 0 radical (unpaired) electrons. The van der Waals surface area contributed by atoms with Crippen LogP contribution in [0.15, 0.2) is 95.9 Å². The summed E-state index contributed by atoms with van der Waals surface area (Å²) in [6.45, 7) is 6.73. The van der Waals surface area contributed by atoms with E-state index in [0.717, 1.165) is 15.9 Å². The van der Waals surface area contributed by atoms with Crippen LogP contribution in [-0.4, -0.2) is 8.90 Å². The molecule has 0 atom stereocenters. The summed E-state index contributed by atoms with van der Waals surface area (Å²) in [6.07, 6.45) is 0. The van der Waals surface area contributed by atoms with E-state index in [1.165, 1.54) is 27.5 Å². The highest BCUT2D eigenvalue weighted by Crippen LogP contribution is 2.42. The van der Waals surface area contributed by atoms with Crippen LogP contribution in [0.1, 0.15) is 26.3 Å². The molecule has 0 N–H and O–H groups in total. The van der Waals surface area contributed by atoms with E-state index in [2.05, 4.69) is 85.4 Å². The van der Waals surface area contributed by atoms with Gasteiger partial charge < -0.3 is 0 Å². The van der Waals surface area contributed by atoms with Gasteiger partial charge in [-0.3, -0.25) is 14.1 Å². The van der Waals surface area contributed by atoms with E-state index >= 15 is 0 Å². The summed E-state index contributed by atoms with van der Waals surface area (Å²) in [7, 11) is 0. The van der Waals surface area contributed by atoms with Crippen LogP contribution >= 0.6 is 11.9 Å². The lowest BCUT2D eigenvalue weighted by Crippen LogP contribution is -2.11. The molecule has 164 valence electrons. The van der Waals surface area contributed by atoms with Gasteiger partial charge in [0.1, 0.15) is 0 Å². The van der Waals surface area contributed by atoms with E-state index < -0.39 is 0 Å². The molecule has 0 unspecified atom stereocenters. The SMILES string of the molecule is CC(C)(C)c1cc(-c2ccccc2)c2c(c1)c1ccccc1n2Sc1ccc([N+](=O)[O-])cc1. The lowest BCUT2D eigenvalue weighted by Gasteiger charge is -2.21. The summed E-state index contributed by atoms with van der Waals surface area (Å²) in [4.78, 5) is 11.7. The molecule has 0 aliphatic heterocycles. The lowest BCUT2D eigenvalue weighted by molar-refractivity contribution is -0.384. The van der Waals surface area contributed by atoms with Crippen molar-refractivity contribution < 1.29 is 4.92 Å². The highest BCUT2D eigenvalue weighted by atomic mass is 32.2. The zero-order valence-corrected chi connectivity index (χ0v) is 19.6. The fraction of sp³-hybridized carbons (Fsp3) is 0.143. The van der Waals surface area contributed by atoms with E-state index in [9.17, 15) is 10.1 Å². The Labute approximate surface area is 197 Å². The molecule has 33 heavy (non-hydrogen) atoms. The number of hydrogen-bond acceptors (Lipinski definition) is 3. The van der Waals surface area contributed by atoms with E-state index in [-0.39, 0.29) is 16.0 Å². The minimum Gasteiger partial charge on any atom is -0.279 e. The first-order valence-corrected chi connectivity index (χ1v) is 11.7. The van der Waals surface area contributed by atoms with Gasteiger partial charge in [0.15, 0.2) is 0 Å². The van der Waals surface area contributed by atoms with Gasteiger partial charge in [-0.2, -0.15) is 0 Å².